The van der Waals surface area contributed by atoms with Crippen LogP contribution in [0.2, 0.25) is 0 Å². The number of hydrogen-bond acceptors (Lipinski definition) is 3. The van der Waals surface area contributed by atoms with Crippen LogP contribution in [0.25, 0.3) is 0 Å². The van der Waals surface area contributed by atoms with Crippen molar-refractivity contribution in [2.24, 2.45) is 40.0 Å². The number of carbonyl (C=O) groups is 1. The molecule has 2 rings (SSSR count). The molecule has 0 bridgehead atoms. The van der Waals surface area contributed by atoms with Crippen LogP contribution >= 0.6 is 12.8 Å². The highest BCUT2D eigenvalue weighted by atomic mass is 32.1. The number of carbonyl (C=O) groups excluding carboxylic acids is 1. The molecule has 5 heteroatoms. The lowest BCUT2D eigenvalue weighted by molar-refractivity contribution is -0.862. The molecule has 2 fully saturated rings. The zero-order valence-corrected chi connectivity index (χ0v) is 28.3. The summed E-state index contributed by atoms with van der Waals surface area (Å²) in [6.07, 6.45) is 16.4. The molecule has 1 amide bonds. The van der Waals surface area contributed by atoms with E-state index in [1.807, 2.05) is 7.05 Å². The number of aliphatic imine (C=N–C) groups is 1. The van der Waals surface area contributed by atoms with Crippen LogP contribution in [0.5, 0.6) is 0 Å². The summed E-state index contributed by atoms with van der Waals surface area (Å²) < 4.78 is 0.785. The highest BCUT2D eigenvalue weighted by Crippen LogP contribution is 2.54. The minimum Gasteiger partial charge on any atom is -0.356 e. The number of nitrogens with zero attached hydrogens (tertiary/aromatic N) is 2. The molecule has 1 saturated heterocycles. The minimum absolute atomic E-state index is 0.0839. The van der Waals surface area contributed by atoms with E-state index in [2.05, 4.69) is 60.7 Å². The Morgan fingerprint density at radius 2 is 1.59 bits per heavy atom. The second kappa shape index (κ2) is 16.2. The van der Waals surface area contributed by atoms with Crippen LogP contribution < -0.4 is 5.32 Å². The third kappa shape index (κ3) is 9.76. The van der Waals surface area contributed by atoms with Crippen molar-refractivity contribution in [3.05, 3.63) is 0 Å². The van der Waals surface area contributed by atoms with E-state index in [0.717, 1.165) is 29.8 Å². The van der Waals surface area contributed by atoms with Crippen LogP contribution in [0, 0.1) is 35.0 Å². The van der Waals surface area contributed by atoms with Crippen LogP contribution in [0.3, 0.4) is 0 Å². The van der Waals surface area contributed by atoms with Crippen LogP contribution in [0.4, 0.5) is 0 Å². The van der Waals surface area contributed by atoms with Gasteiger partial charge in [-0.05, 0) is 38.0 Å². The van der Waals surface area contributed by atoms with E-state index in [9.17, 15) is 4.79 Å². The maximum atomic E-state index is 13.2. The lowest BCUT2D eigenvalue weighted by Crippen LogP contribution is -2.64. The summed E-state index contributed by atoms with van der Waals surface area (Å²) in [7, 11) is 2.00. The Kier molecular flexibility index (Phi) is 14.4. The molecule has 8 unspecified atom stereocenters. The highest BCUT2D eigenvalue weighted by molar-refractivity contribution is 7.74. The molecule has 0 radical (unpaired) electrons. The fraction of sp³-hybridized carbons (Fsp3) is 0.941. The van der Waals surface area contributed by atoms with Crippen molar-refractivity contribution in [2.75, 3.05) is 20.1 Å². The Bertz CT molecular complexity index is 762. The van der Waals surface area contributed by atoms with Crippen molar-refractivity contribution < 1.29 is 8.68 Å². The van der Waals surface area contributed by atoms with Crippen LogP contribution in [0.1, 0.15) is 139 Å². The summed E-state index contributed by atoms with van der Waals surface area (Å²) in [5.74, 6) is 2.49. The number of nitrogens with one attached hydrogen (secondary N) is 1. The van der Waals surface area contributed by atoms with Crippen LogP contribution in [0.15, 0.2) is 4.99 Å². The maximum Gasteiger partial charge on any atom is 0.223 e. The number of hydrogen-bond donors (Lipinski definition) is 2. The molecule has 0 aromatic heterocycles. The van der Waals surface area contributed by atoms with Gasteiger partial charge in [0, 0.05) is 48.9 Å². The van der Waals surface area contributed by atoms with E-state index in [-0.39, 0.29) is 17.2 Å². The lowest BCUT2D eigenvalue weighted by Gasteiger charge is -2.53. The molecular weight excluding hydrogens is 498 g/mol. The normalized spacial score (nSPS) is 30.1. The Morgan fingerprint density at radius 3 is 2.13 bits per heavy atom. The smallest absolute Gasteiger partial charge is 0.223 e. The summed E-state index contributed by atoms with van der Waals surface area (Å²) >= 11 is 5.55. The number of quaternary nitrogens is 1. The van der Waals surface area contributed by atoms with Gasteiger partial charge in [0.2, 0.25) is 5.91 Å². The Hall–Kier alpha value is -0.550. The first kappa shape index (κ1) is 34.7. The molecular formula is C34H66N3OS+. The number of amides is 1. The molecule has 1 N–H and O–H groups in total. The van der Waals surface area contributed by atoms with E-state index >= 15 is 0 Å². The zero-order chi connectivity index (χ0) is 29.2. The fourth-order valence-corrected chi connectivity index (χ4v) is 8.44. The topological polar surface area (TPSA) is 41.5 Å². The number of piperidine rings is 1. The standard InChI is InChI=1S/C34H65N3OS/c1-10-12-13-14-15-16-17-18-19-22-36-33(38)30-23-29(30)32(34(6,7)8)37(39)24-28(21-20-26(37)4)31(35-9)27(5)25(3)11-2/h25-30,32,39H,10-24H2,1-9H3/p+1. The van der Waals surface area contributed by atoms with E-state index < -0.39 is 0 Å². The second-order valence-corrected chi connectivity index (χ2v) is 15.2. The molecule has 228 valence electrons. The van der Waals surface area contributed by atoms with Gasteiger partial charge in [-0.2, -0.15) is 0 Å². The van der Waals surface area contributed by atoms with Crippen molar-refractivity contribution in [3.8, 4) is 0 Å². The van der Waals surface area contributed by atoms with E-state index in [1.165, 1.54) is 76.3 Å². The van der Waals surface area contributed by atoms with Crippen molar-refractivity contribution in [2.45, 2.75) is 151 Å². The van der Waals surface area contributed by atoms with Gasteiger partial charge in [-0.25, -0.2) is 0 Å². The molecule has 1 aliphatic heterocycles. The first-order chi connectivity index (χ1) is 18.4. The zero-order valence-electron chi connectivity index (χ0n) is 27.4. The van der Waals surface area contributed by atoms with Crippen molar-refractivity contribution >= 4 is 24.4 Å². The van der Waals surface area contributed by atoms with Crippen LogP contribution in [-0.4, -0.2) is 47.7 Å². The van der Waals surface area contributed by atoms with Crippen molar-refractivity contribution in [1.82, 2.24) is 5.32 Å². The molecule has 0 aromatic rings. The molecule has 39 heavy (non-hydrogen) atoms. The van der Waals surface area contributed by atoms with Gasteiger partial charge >= 0.3 is 0 Å². The number of likely N-dealkylation sites (tertiary alicyclic amines) is 1. The van der Waals surface area contributed by atoms with Gasteiger partial charge in [0.05, 0.1) is 25.4 Å². The summed E-state index contributed by atoms with van der Waals surface area (Å²) in [6, 6.07) is 0.844. The molecule has 1 heterocycles. The SMILES string of the molecule is CCCCCCCCCCCNC(=O)C1CC1C(C(C)(C)C)[N+]1(S)CC(C(=NC)C(C)C(C)CC)CCC1C. The molecule has 1 aliphatic carbocycles. The molecule has 0 spiro atoms. The van der Waals surface area contributed by atoms with Gasteiger partial charge < -0.3 is 5.32 Å². The van der Waals surface area contributed by atoms with Gasteiger partial charge in [0.15, 0.2) is 0 Å². The summed E-state index contributed by atoms with van der Waals surface area (Å²) in [4.78, 5) is 18.1. The third-order valence-electron chi connectivity index (χ3n) is 10.4. The van der Waals surface area contributed by atoms with Crippen LogP contribution in [-0.2, 0) is 4.79 Å². The second-order valence-electron chi connectivity index (χ2n) is 14.5. The van der Waals surface area contributed by atoms with Crippen molar-refractivity contribution in [1.29, 1.82) is 0 Å². The Balaban J connectivity index is 1.96. The average Bonchev–Trinajstić information content (AvgIpc) is 3.66. The summed E-state index contributed by atoms with van der Waals surface area (Å²) in [6.45, 7) is 20.7. The van der Waals surface area contributed by atoms with Gasteiger partial charge in [0.25, 0.3) is 0 Å². The first-order valence-corrected chi connectivity index (χ1v) is 17.2. The molecule has 0 aromatic carbocycles. The summed E-state index contributed by atoms with van der Waals surface area (Å²) in [5.41, 5.74) is 1.48. The van der Waals surface area contributed by atoms with E-state index in [1.54, 1.807) is 0 Å². The largest absolute Gasteiger partial charge is 0.356 e. The fourth-order valence-electron chi connectivity index (χ4n) is 7.61. The monoisotopic (exact) mass is 564 g/mol. The molecule has 2 aliphatic rings. The van der Waals surface area contributed by atoms with E-state index in [0.29, 0.717) is 35.8 Å². The predicted octanol–water partition coefficient (Wildman–Crippen LogP) is 8.90. The van der Waals surface area contributed by atoms with Gasteiger partial charge in [-0.15, -0.1) is 0 Å². The Labute approximate surface area is 249 Å². The highest BCUT2D eigenvalue weighted by Gasteiger charge is 2.61. The Morgan fingerprint density at radius 1 is 1.00 bits per heavy atom. The average molecular weight is 565 g/mol. The molecule has 4 nitrogen and oxygen atoms in total. The minimum atomic E-state index is 0.0839. The third-order valence-corrected chi connectivity index (χ3v) is 11.2. The van der Waals surface area contributed by atoms with Crippen molar-refractivity contribution in [3.63, 3.8) is 0 Å². The van der Waals surface area contributed by atoms with Gasteiger partial charge in [-0.3, -0.25) is 13.7 Å². The number of unbranched alkanes of at least 4 members (excludes halogenated alkanes) is 8. The lowest BCUT2D eigenvalue weighted by atomic mass is 9.75. The number of thiol groups is 1. The maximum absolute atomic E-state index is 13.2. The first-order valence-electron chi connectivity index (χ1n) is 16.8. The van der Waals surface area contributed by atoms with Gasteiger partial charge in [0.1, 0.15) is 6.04 Å². The molecule has 8 atom stereocenters. The molecule has 1 saturated carbocycles. The number of rotatable bonds is 17. The van der Waals surface area contributed by atoms with Gasteiger partial charge in [-0.1, -0.05) is 106 Å². The van der Waals surface area contributed by atoms with E-state index in [4.69, 9.17) is 17.8 Å². The predicted molar refractivity (Wildman–Crippen MR) is 173 cm³/mol. The summed E-state index contributed by atoms with van der Waals surface area (Å²) in [5, 5.41) is 3.31. The quantitative estimate of drug-likeness (QED) is 0.0787.